The van der Waals surface area contributed by atoms with Crippen molar-refractivity contribution >= 4 is 27.8 Å². The number of amides is 1. The molecule has 0 aliphatic rings. The molecule has 0 fully saturated rings. The number of hydrogen-bond acceptors (Lipinski definition) is 4. The van der Waals surface area contributed by atoms with Gasteiger partial charge in [-0.1, -0.05) is 30.3 Å². The predicted molar refractivity (Wildman–Crippen MR) is 108 cm³/mol. The molecule has 0 aliphatic carbocycles. The van der Waals surface area contributed by atoms with Gasteiger partial charge in [-0.05, 0) is 37.6 Å². The highest BCUT2D eigenvalue weighted by Gasteiger charge is 2.21. The Balaban J connectivity index is 1.58. The lowest BCUT2D eigenvalue weighted by atomic mass is 10.1. The second-order valence-electron chi connectivity index (χ2n) is 7.02. The van der Waals surface area contributed by atoms with E-state index in [1.807, 2.05) is 56.3 Å². The molecule has 0 saturated carbocycles. The molecule has 6 heteroatoms. The van der Waals surface area contributed by atoms with Crippen LogP contribution in [-0.2, 0) is 11.3 Å². The Kier molecular flexibility index (Phi) is 4.47. The molecule has 142 valence electrons. The normalized spacial score (nSPS) is 12.4. The van der Waals surface area contributed by atoms with Crippen molar-refractivity contribution < 1.29 is 9.21 Å². The fraction of sp³-hybridized carbons (Fsp3) is 0.227. The Hall–Kier alpha value is -3.41. The number of fused-ring (bicyclic) bond motifs is 2. The van der Waals surface area contributed by atoms with Crippen LogP contribution in [0.3, 0.4) is 0 Å². The monoisotopic (exact) mass is 375 g/mol. The summed E-state index contributed by atoms with van der Waals surface area (Å²) < 4.78 is 7.22. The van der Waals surface area contributed by atoms with E-state index in [0.29, 0.717) is 16.7 Å². The number of furan rings is 1. The topological polar surface area (TPSA) is 68.3 Å². The lowest BCUT2D eigenvalue weighted by molar-refractivity contribution is -0.132. The summed E-state index contributed by atoms with van der Waals surface area (Å²) in [6.07, 6.45) is 1.44. The van der Waals surface area contributed by atoms with Gasteiger partial charge >= 0.3 is 0 Å². The van der Waals surface area contributed by atoms with Crippen molar-refractivity contribution in [2.75, 3.05) is 7.05 Å². The third-order valence-electron chi connectivity index (χ3n) is 5.19. The number of nitrogens with zero attached hydrogens (tertiary/aromatic N) is 3. The highest BCUT2D eigenvalue weighted by molar-refractivity contribution is 5.81. The molecule has 0 spiro atoms. The Labute approximate surface area is 162 Å². The number of para-hydroxylation sites is 2. The van der Waals surface area contributed by atoms with Crippen LogP contribution < -0.4 is 5.56 Å². The molecule has 6 nitrogen and oxygen atoms in total. The number of carbonyl (C=O) groups excluding carboxylic acids is 1. The largest absolute Gasteiger partial charge is 0.459 e. The van der Waals surface area contributed by atoms with E-state index in [1.54, 1.807) is 18.0 Å². The van der Waals surface area contributed by atoms with Crippen LogP contribution in [-0.4, -0.2) is 27.4 Å². The lowest BCUT2D eigenvalue weighted by Gasteiger charge is -2.23. The standard InChI is InChI=1S/C22H21N3O3/c1-14-7-6-9-17-21(14)23-13-25(22(17)27)12-20(26)24(3)15(2)19-11-16-8-4-5-10-18(16)28-19/h4-11,13,15H,12H2,1-3H3. The van der Waals surface area contributed by atoms with E-state index >= 15 is 0 Å². The quantitative estimate of drug-likeness (QED) is 0.546. The molecular formula is C22H21N3O3. The van der Waals surface area contributed by atoms with Crippen LogP contribution in [0, 0.1) is 6.92 Å². The maximum atomic E-state index is 12.8. The fourth-order valence-corrected chi connectivity index (χ4v) is 3.32. The van der Waals surface area contributed by atoms with Gasteiger partial charge in [0.05, 0.1) is 23.3 Å². The molecular weight excluding hydrogens is 354 g/mol. The first-order valence-electron chi connectivity index (χ1n) is 9.14. The molecule has 4 rings (SSSR count). The molecule has 1 atom stereocenters. The van der Waals surface area contributed by atoms with Gasteiger partial charge in [-0.25, -0.2) is 4.98 Å². The Morgan fingerprint density at radius 1 is 1.21 bits per heavy atom. The van der Waals surface area contributed by atoms with Gasteiger partial charge in [-0.2, -0.15) is 0 Å². The molecule has 2 heterocycles. The first-order chi connectivity index (χ1) is 13.5. The van der Waals surface area contributed by atoms with Crippen LogP contribution in [0.4, 0.5) is 0 Å². The second kappa shape index (κ2) is 6.96. The van der Waals surface area contributed by atoms with Gasteiger partial charge in [0, 0.05) is 12.4 Å². The van der Waals surface area contributed by atoms with Gasteiger partial charge < -0.3 is 9.32 Å². The van der Waals surface area contributed by atoms with Crippen LogP contribution in [0.2, 0.25) is 0 Å². The Morgan fingerprint density at radius 2 is 2.00 bits per heavy atom. The van der Waals surface area contributed by atoms with Crippen molar-refractivity contribution in [1.82, 2.24) is 14.5 Å². The Bertz CT molecular complexity index is 1210. The van der Waals surface area contributed by atoms with Gasteiger partial charge in [0.1, 0.15) is 17.9 Å². The summed E-state index contributed by atoms with van der Waals surface area (Å²) in [6.45, 7) is 3.74. The zero-order chi connectivity index (χ0) is 19.8. The molecule has 28 heavy (non-hydrogen) atoms. The smallest absolute Gasteiger partial charge is 0.261 e. The van der Waals surface area contributed by atoms with Gasteiger partial charge in [0.25, 0.3) is 5.56 Å². The highest BCUT2D eigenvalue weighted by Crippen LogP contribution is 2.26. The van der Waals surface area contributed by atoms with E-state index in [1.165, 1.54) is 10.9 Å². The minimum Gasteiger partial charge on any atom is -0.459 e. The molecule has 0 aliphatic heterocycles. The average molecular weight is 375 g/mol. The van der Waals surface area contributed by atoms with Crippen molar-refractivity contribution in [2.24, 2.45) is 0 Å². The van der Waals surface area contributed by atoms with Gasteiger partial charge in [0.15, 0.2) is 0 Å². The third-order valence-corrected chi connectivity index (χ3v) is 5.19. The first-order valence-corrected chi connectivity index (χ1v) is 9.14. The van der Waals surface area contributed by atoms with Crippen molar-refractivity contribution in [1.29, 1.82) is 0 Å². The molecule has 1 unspecified atom stereocenters. The molecule has 0 saturated heterocycles. The number of aryl methyl sites for hydroxylation is 1. The van der Waals surface area contributed by atoms with E-state index < -0.39 is 0 Å². The Morgan fingerprint density at radius 3 is 2.79 bits per heavy atom. The molecule has 0 N–H and O–H groups in total. The van der Waals surface area contributed by atoms with Gasteiger partial charge in [-0.3, -0.25) is 14.2 Å². The number of hydrogen-bond donors (Lipinski definition) is 0. The summed E-state index contributed by atoms with van der Waals surface area (Å²) in [6, 6.07) is 14.9. The van der Waals surface area contributed by atoms with Crippen molar-refractivity contribution in [2.45, 2.75) is 26.4 Å². The number of aromatic nitrogens is 2. The first kappa shape index (κ1) is 18.0. The van der Waals surface area contributed by atoms with Crippen LogP contribution in [0.15, 0.2) is 64.1 Å². The number of benzene rings is 2. The van der Waals surface area contributed by atoms with Gasteiger partial charge in [-0.15, -0.1) is 0 Å². The fourth-order valence-electron chi connectivity index (χ4n) is 3.32. The second-order valence-corrected chi connectivity index (χ2v) is 7.02. The highest BCUT2D eigenvalue weighted by atomic mass is 16.3. The van der Waals surface area contributed by atoms with E-state index in [0.717, 1.165) is 16.5 Å². The number of carbonyl (C=O) groups is 1. The van der Waals surface area contributed by atoms with E-state index in [9.17, 15) is 9.59 Å². The minimum atomic E-state index is -0.258. The van der Waals surface area contributed by atoms with E-state index in [2.05, 4.69) is 4.98 Å². The number of likely N-dealkylation sites (N-methyl/N-ethyl adjacent to an activating group) is 1. The summed E-state index contributed by atoms with van der Waals surface area (Å²) in [5.74, 6) is 0.514. The molecule has 0 radical (unpaired) electrons. The summed E-state index contributed by atoms with van der Waals surface area (Å²) in [5.41, 5.74) is 2.17. The summed E-state index contributed by atoms with van der Waals surface area (Å²) in [7, 11) is 1.71. The third kappa shape index (κ3) is 3.07. The van der Waals surface area contributed by atoms with Crippen LogP contribution in [0.5, 0.6) is 0 Å². The summed E-state index contributed by atoms with van der Waals surface area (Å²) in [5, 5.41) is 1.51. The minimum absolute atomic E-state index is 0.0726. The van der Waals surface area contributed by atoms with Crippen molar-refractivity contribution in [3.63, 3.8) is 0 Å². The van der Waals surface area contributed by atoms with E-state index in [-0.39, 0.29) is 24.1 Å². The van der Waals surface area contributed by atoms with Crippen molar-refractivity contribution in [3.8, 4) is 0 Å². The van der Waals surface area contributed by atoms with Crippen molar-refractivity contribution in [3.05, 3.63) is 76.5 Å². The molecule has 4 aromatic rings. The molecule has 0 bridgehead atoms. The molecule has 2 aromatic heterocycles. The van der Waals surface area contributed by atoms with Crippen LogP contribution in [0.25, 0.3) is 21.9 Å². The number of rotatable bonds is 4. The van der Waals surface area contributed by atoms with Gasteiger partial charge in [0.2, 0.25) is 5.91 Å². The molecule has 1 amide bonds. The summed E-state index contributed by atoms with van der Waals surface area (Å²) >= 11 is 0. The SMILES string of the molecule is Cc1cccc2c(=O)n(CC(=O)N(C)C(C)c3cc4ccccc4o3)cnc12. The van der Waals surface area contributed by atoms with Crippen LogP contribution >= 0.6 is 0 Å². The molecule has 2 aromatic carbocycles. The maximum absolute atomic E-state index is 12.8. The summed E-state index contributed by atoms with van der Waals surface area (Å²) in [4.78, 5) is 31.5. The lowest BCUT2D eigenvalue weighted by Crippen LogP contribution is -2.35. The average Bonchev–Trinajstić information content (AvgIpc) is 3.13. The van der Waals surface area contributed by atoms with Crippen LogP contribution in [0.1, 0.15) is 24.3 Å². The predicted octanol–water partition coefficient (Wildman–Crippen LogP) is 3.67. The zero-order valence-electron chi connectivity index (χ0n) is 16.0. The van der Waals surface area contributed by atoms with E-state index in [4.69, 9.17) is 4.42 Å². The zero-order valence-corrected chi connectivity index (χ0v) is 16.0. The maximum Gasteiger partial charge on any atom is 0.261 e.